The van der Waals surface area contributed by atoms with Crippen LogP contribution in [0.2, 0.25) is 0 Å². The molecule has 0 bridgehead atoms. The van der Waals surface area contributed by atoms with Crippen LogP contribution in [0.4, 0.5) is 0 Å². The number of nitrogens with zero attached hydrogens (tertiary/aromatic N) is 2. The van der Waals surface area contributed by atoms with Crippen LogP contribution in [0.5, 0.6) is 5.88 Å². The van der Waals surface area contributed by atoms with Crippen molar-refractivity contribution in [1.82, 2.24) is 9.97 Å². The summed E-state index contributed by atoms with van der Waals surface area (Å²) in [6.45, 7) is 6.00. The van der Waals surface area contributed by atoms with Gasteiger partial charge in [-0.25, -0.2) is 4.98 Å². The SMILES string of the molecule is Cc1ccc(-c2ncc(Br)c(OC(C)C)n2)cc1. The van der Waals surface area contributed by atoms with Gasteiger partial charge in [-0.3, -0.25) is 0 Å². The maximum Gasteiger partial charge on any atom is 0.231 e. The van der Waals surface area contributed by atoms with Crippen LogP contribution in [0.3, 0.4) is 0 Å². The molecule has 0 saturated heterocycles. The van der Waals surface area contributed by atoms with Crippen molar-refractivity contribution in [1.29, 1.82) is 0 Å². The minimum Gasteiger partial charge on any atom is -0.474 e. The van der Waals surface area contributed by atoms with E-state index in [0.717, 1.165) is 10.0 Å². The van der Waals surface area contributed by atoms with E-state index in [4.69, 9.17) is 4.74 Å². The lowest BCUT2D eigenvalue weighted by Gasteiger charge is -2.11. The summed E-state index contributed by atoms with van der Waals surface area (Å²) in [4.78, 5) is 8.74. The van der Waals surface area contributed by atoms with Gasteiger partial charge in [0.15, 0.2) is 5.82 Å². The van der Waals surface area contributed by atoms with Crippen LogP contribution in [0.25, 0.3) is 11.4 Å². The molecule has 0 atom stereocenters. The Morgan fingerprint density at radius 3 is 2.44 bits per heavy atom. The molecule has 0 spiro atoms. The summed E-state index contributed by atoms with van der Waals surface area (Å²) in [7, 11) is 0. The minimum absolute atomic E-state index is 0.0852. The number of hydrogen-bond acceptors (Lipinski definition) is 3. The van der Waals surface area contributed by atoms with Gasteiger partial charge in [-0.2, -0.15) is 4.98 Å². The van der Waals surface area contributed by atoms with E-state index in [1.807, 2.05) is 38.1 Å². The first kappa shape index (κ1) is 13.0. The number of hydrogen-bond donors (Lipinski definition) is 0. The molecule has 0 fully saturated rings. The van der Waals surface area contributed by atoms with Crippen LogP contribution < -0.4 is 4.74 Å². The molecule has 94 valence electrons. The Bertz CT molecular complexity index is 538. The molecule has 0 aliphatic rings. The second kappa shape index (κ2) is 5.48. The lowest BCUT2D eigenvalue weighted by Crippen LogP contribution is -2.08. The van der Waals surface area contributed by atoms with Crippen LogP contribution in [0.1, 0.15) is 19.4 Å². The average Bonchev–Trinajstić information content (AvgIpc) is 2.32. The maximum absolute atomic E-state index is 5.63. The van der Waals surface area contributed by atoms with Gasteiger partial charge in [-0.05, 0) is 36.7 Å². The molecule has 0 saturated carbocycles. The highest BCUT2D eigenvalue weighted by molar-refractivity contribution is 9.10. The third-order valence-electron chi connectivity index (χ3n) is 2.37. The molecule has 0 unspecified atom stereocenters. The fourth-order valence-corrected chi connectivity index (χ4v) is 1.78. The molecule has 0 aliphatic heterocycles. The summed E-state index contributed by atoms with van der Waals surface area (Å²) >= 11 is 3.39. The first-order chi connectivity index (χ1) is 8.56. The van der Waals surface area contributed by atoms with Crippen LogP contribution in [0, 0.1) is 6.92 Å². The zero-order chi connectivity index (χ0) is 13.1. The van der Waals surface area contributed by atoms with Crippen molar-refractivity contribution < 1.29 is 4.74 Å². The Balaban J connectivity index is 2.37. The number of halogens is 1. The smallest absolute Gasteiger partial charge is 0.231 e. The fourth-order valence-electron chi connectivity index (χ4n) is 1.50. The Morgan fingerprint density at radius 2 is 1.83 bits per heavy atom. The highest BCUT2D eigenvalue weighted by atomic mass is 79.9. The summed E-state index contributed by atoms with van der Waals surface area (Å²) < 4.78 is 6.40. The van der Waals surface area contributed by atoms with Crippen molar-refractivity contribution >= 4 is 15.9 Å². The van der Waals surface area contributed by atoms with Crippen LogP contribution in [-0.4, -0.2) is 16.1 Å². The van der Waals surface area contributed by atoms with E-state index in [1.165, 1.54) is 5.56 Å². The molecule has 2 aromatic rings. The van der Waals surface area contributed by atoms with Crippen molar-refractivity contribution in [3.05, 3.63) is 40.5 Å². The van der Waals surface area contributed by atoms with E-state index in [-0.39, 0.29) is 6.10 Å². The maximum atomic E-state index is 5.63. The minimum atomic E-state index is 0.0852. The van der Waals surface area contributed by atoms with Crippen molar-refractivity contribution in [3.8, 4) is 17.3 Å². The molecule has 1 aromatic carbocycles. The summed E-state index contributed by atoms with van der Waals surface area (Å²) in [5.41, 5.74) is 2.20. The van der Waals surface area contributed by atoms with Crippen LogP contribution in [-0.2, 0) is 0 Å². The van der Waals surface area contributed by atoms with E-state index in [9.17, 15) is 0 Å². The molecule has 1 heterocycles. The Labute approximate surface area is 115 Å². The van der Waals surface area contributed by atoms with Crippen molar-refractivity contribution in [2.24, 2.45) is 0 Å². The van der Waals surface area contributed by atoms with Crippen molar-refractivity contribution in [3.63, 3.8) is 0 Å². The van der Waals surface area contributed by atoms with Crippen molar-refractivity contribution in [2.75, 3.05) is 0 Å². The normalized spacial score (nSPS) is 10.7. The highest BCUT2D eigenvalue weighted by Gasteiger charge is 2.09. The predicted octanol–water partition coefficient (Wildman–Crippen LogP) is 4.00. The third-order valence-corrected chi connectivity index (χ3v) is 2.91. The predicted molar refractivity (Wildman–Crippen MR) is 75.7 cm³/mol. The zero-order valence-corrected chi connectivity index (χ0v) is 12.2. The average molecular weight is 307 g/mol. The number of rotatable bonds is 3. The molecular formula is C14H15BrN2O. The summed E-state index contributed by atoms with van der Waals surface area (Å²) in [6, 6.07) is 8.11. The largest absolute Gasteiger partial charge is 0.474 e. The topological polar surface area (TPSA) is 35.0 Å². The third kappa shape index (κ3) is 3.07. The van der Waals surface area contributed by atoms with Crippen molar-refractivity contribution in [2.45, 2.75) is 26.9 Å². The number of ether oxygens (including phenoxy) is 1. The van der Waals surface area contributed by atoms with E-state index < -0.39 is 0 Å². The van der Waals surface area contributed by atoms with E-state index in [1.54, 1.807) is 6.20 Å². The van der Waals surface area contributed by atoms with E-state index >= 15 is 0 Å². The monoisotopic (exact) mass is 306 g/mol. The molecular weight excluding hydrogens is 292 g/mol. The van der Waals surface area contributed by atoms with Gasteiger partial charge >= 0.3 is 0 Å². The second-order valence-corrected chi connectivity index (χ2v) is 5.23. The van der Waals surface area contributed by atoms with Crippen LogP contribution >= 0.6 is 15.9 Å². The number of aryl methyl sites for hydroxylation is 1. The molecule has 3 nitrogen and oxygen atoms in total. The molecule has 0 aliphatic carbocycles. The first-order valence-electron chi connectivity index (χ1n) is 5.82. The summed E-state index contributed by atoms with van der Waals surface area (Å²) in [6.07, 6.45) is 1.81. The van der Waals surface area contributed by atoms with E-state index in [0.29, 0.717) is 11.7 Å². The van der Waals surface area contributed by atoms with Gasteiger partial charge in [-0.1, -0.05) is 29.8 Å². The standard InChI is InChI=1S/C14H15BrN2O/c1-9(2)18-14-12(15)8-16-13(17-14)11-6-4-10(3)5-7-11/h4-9H,1-3H3. The molecule has 4 heteroatoms. The van der Waals surface area contributed by atoms with Crippen LogP contribution in [0.15, 0.2) is 34.9 Å². The molecule has 0 N–H and O–H groups in total. The molecule has 0 radical (unpaired) electrons. The number of benzene rings is 1. The fraction of sp³-hybridized carbons (Fsp3) is 0.286. The van der Waals surface area contributed by atoms with Gasteiger partial charge in [0, 0.05) is 11.8 Å². The van der Waals surface area contributed by atoms with Gasteiger partial charge in [0.1, 0.15) is 0 Å². The second-order valence-electron chi connectivity index (χ2n) is 4.38. The Hall–Kier alpha value is -1.42. The van der Waals surface area contributed by atoms with E-state index in [2.05, 4.69) is 32.8 Å². The van der Waals surface area contributed by atoms with Gasteiger partial charge in [0.25, 0.3) is 0 Å². The van der Waals surface area contributed by atoms with Gasteiger partial charge in [0.05, 0.1) is 10.6 Å². The molecule has 0 amide bonds. The summed E-state index contributed by atoms with van der Waals surface area (Å²) in [5, 5.41) is 0. The Kier molecular flexibility index (Phi) is 3.97. The quantitative estimate of drug-likeness (QED) is 0.859. The lowest BCUT2D eigenvalue weighted by molar-refractivity contribution is 0.231. The first-order valence-corrected chi connectivity index (χ1v) is 6.62. The molecule has 18 heavy (non-hydrogen) atoms. The lowest BCUT2D eigenvalue weighted by atomic mass is 10.1. The zero-order valence-electron chi connectivity index (χ0n) is 10.6. The van der Waals surface area contributed by atoms with Gasteiger partial charge in [-0.15, -0.1) is 0 Å². The number of aromatic nitrogens is 2. The molecule has 1 aromatic heterocycles. The molecule has 2 rings (SSSR count). The van der Waals surface area contributed by atoms with Gasteiger partial charge in [0.2, 0.25) is 5.88 Å². The Morgan fingerprint density at radius 1 is 1.17 bits per heavy atom. The summed E-state index contributed by atoms with van der Waals surface area (Å²) in [5.74, 6) is 1.25. The highest BCUT2D eigenvalue weighted by Crippen LogP contribution is 2.25. The van der Waals surface area contributed by atoms with Gasteiger partial charge < -0.3 is 4.74 Å².